The van der Waals surface area contributed by atoms with Crippen molar-refractivity contribution in [1.82, 2.24) is 5.16 Å². The lowest BCUT2D eigenvalue weighted by atomic mass is 10.1. The van der Waals surface area contributed by atoms with Crippen molar-refractivity contribution in [2.75, 3.05) is 5.32 Å². The van der Waals surface area contributed by atoms with E-state index >= 15 is 0 Å². The smallest absolute Gasteiger partial charge is 0.278 e. The first-order valence-corrected chi connectivity index (χ1v) is 7.80. The van der Waals surface area contributed by atoms with Crippen LogP contribution < -0.4 is 5.32 Å². The number of hydrogen-bond acceptors (Lipinski definition) is 5. The van der Waals surface area contributed by atoms with Crippen molar-refractivity contribution < 1.29 is 9.32 Å². The molecule has 0 fully saturated rings. The fourth-order valence-electron chi connectivity index (χ4n) is 2.59. The Labute approximate surface area is 126 Å². The molecule has 1 N–H and O–H groups in total. The summed E-state index contributed by atoms with van der Waals surface area (Å²) in [6, 6.07) is 3.83. The lowest BCUT2D eigenvalue weighted by molar-refractivity contribution is 0.101. The Morgan fingerprint density at radius 3 is 2.95 bits per heavy atom. The molecule has 0 unspecified atom stereocenters. The van der Waals surface area contributed by atoms with E-state index < -0.39 is 0 Å². The van der Waals surface area contributed by atoms with Crippen LogP contribution in [0.5, 0.6) is 0 Å². The van der Waals surface area contributed by atoms with Gasteiger partial charge in [-0.3, -0.25) is 4.79 Å². The number of hydrogen-bond donors (Lipinski definition) is 1. The number of nitrogens with zero attached hydrogens (tertiary/aromatic N) is 2. The molecule has 5 nitrogen and oxygen atoms in total. The zero-order valence-corrected chi connectivity index (χ0v) is 12.5. The maximum absolute atomic E-state index is 12.1. The first kappa shape index (κ1) is 13.8. The van der Waals surface area contributed by atoms with E-state index in [0.29, 0.717) is 16.3 Å². The quantitative estimate of drug-likeness (QED) is 0.862. The van der Waals surface area contributed by atoms with Crippen LogP contribution in [0.25, 0.3) is 0 Å². The minimum absolute atomic E-state index is 0.236. The first-order valence-electron chi connectivity index (χ1n) is 6.98. The van der Waals surface area contributed by atoms with Crippen LogP contribution in [0.4, 0.5) is 5.00 Å². The summed E-state index contributed by atoms with van der Waals surface area (Å²) in [5.74, 6) is 0.252. The molecule has 2 aromatic rings. The van der Waals surface area contributed by atoms with Gasteiger partial charge in [0.1, 0.15) is 16.8 Å². The van der Waals surface area contributed by atoms with E-state index in [1.54, 1.807) is 13.0 Å². The number of carbonyl (C=O) groups is 1. The van der Waals surface area contributed by atoms with Crippen LogP contribution in [0.15, 0.2) is 10.6 Å². The van der Waals surface area contributed by atoms with Crippen LogP contribution >= 0.6 is 11.3 Å². The van der Waals surface area contributed by atoms with Crippen LogP contribution in [0.3, 0.4) is 0 Å². The van der Waals surface area contributed by atoms with Crippen molar-refractivity contribution in [3.63, 3.8) is 0 Å². The molecule has 3 rings (SSSR count). The highest BCUT2D eigenvalue weighted by molar-refractivity contribution is 7.16. The molecule has 0 atom stereocenters. The van der Waals surface area contributed by atoms with Gasteiger partial charge in [-0.1, -0.05) is 11.6 Å². The molecule has 0 saturated heterocycles. The minimum atomic E-state index is -0.334. The fraction of sp³-hybridized carbons (Fsp3) is 0.400. The summed E-state index contributed by atoms with van der Waals surface area (Å²) in [5, 5.41) is 16.6. The second-order valence-corrected chi connectivity index (χ2v) is 6.26. The average Bonchev–Trinajstić information content (AvgIpc) is 2.96. The van der Waals surface area contributed by atoms with Gasteiger partial charge in [0.05, 0.1) is 5.56 Å². The molecule has 0 aliphatic heterocycles. The number of nitriles is 1. The van der Waals surface area contributed by atoms with Crippen LogP contribution in [0, 0.1) is 18.3 Å². The first-order chi connectivity index (χ1) is 10.2. The van der Waals surface area contributed by atoms with E-state index in [1.165, 1.54) is 22.6 Å². The fourth-order valence-corrected chi connectivity index (χ4v) is 3.82. The standard InChI is InChI=1S/C15H15N3O2S/c1-9-7-12(18-20-9)14(19)17-15-11(8-16)10-5-3-2-4-6-13(10)21-15/h7H,2-6H2,1H3,(H,17,19). The van der Waals surface area contributed by atoms with Gasteiger partial charge in [0, 0.05) is 10.9 Å². The molecule has 21 heavy (non-hydrogen) atoms. The number of rotatable bonds is 2. The number of carbonyl (C=O) groups excluding carboxylic acids is 1. The molecule has 0 saturated carbocycles. The van der Waals surface area contributed by atoms with Crippen LogP contribution in [0.2, 0.25) is 0 Å². The summed E-state index contributed by atoms with van der Waals surface area (Å²) in [4.78, 5) is 13.4. The van der Waals surface area contributed by atoms with E-state index in [2.05, 4.69) is 16.5 Å². The topological polar surface area (TPSA) is 78.9 Å². The van der Waals surface area contributed by atoms with Crippen molar-refractivity contribution in [2.45, 2.75) is 39.0 Å². The molecule has 1 aliphatic carbocycles. The third-order valence-corrected chi connectivity index (χ3v) is 4.83. The summed E-state index contributed by atoms with van der Waals surface area (Å²) in [7, 11) is 0. The van der Waals surface area contributed by atoms with E-state index in [-0.39, 0.29) is 11.6 Å². The molecule has 1 amide bonds. The van der Waals surface area contributed by atoms with Gasteiger partial charge in [0.2, 0.25) is 0 Å². The number of fused-ring (bicyclic) bond motifs is 1. The molecule has 2 heterocycles. The number of nitrogens with one attached hydrogen (secondary N) is 1. The second-order valence-electron chi connectivity index (χ2n) is 5.16. The summed E-state index contributed by atoms with van der Waals surface area (Å²) in [6.45, 7) is 1.73. The van der Waals surface area contributed by atoms with Gasteiger partial charge in [-0.25, -0.2) is 0 Å². The Morgan fingerprint density at radius 2 is 2.24 bits per heavy atom. The molecule has 0 spiro atoms. The van der Waals surface area contributed by atoms with Gasteiger partial charge in [-0.05, 0) is 38.2 Å². The number of aromatic nitrogens is 1. The summed E-state index contributed by atoms with van der Waals surface area (Å²) in [6.07, 6.45) is 5.37. The third kappa shape index (κ3) is 2.69. The summed E-state index contributed by atoms with van der Waals surface area (Å²) < 4.78 is 4.91. The normalized spacial score (nSPS) is 14.1. The Hall–Kier alpha value is -2.13. The van der Waals surface area contributed by atoms with Gasteiger partial charge in [-0.15, -0.1) is 11.3 Å². The molecular formula is C15H15N3O2S. The Kier molecular flexibility index (Phi) is 3.76. The average molecular weight is 301 g/mol. The van der Waals surface area contributed by atoms with Crippen molar-refractivity contribution in [3.05, 3.63) is 33.5 Å². The van der Waals surface area contributed by atoms with Crippen molar-refractivity contribution >= 4 is 22.2 Å². The van der Waals surface area contributed by atoms with Gasteiger partial charge < -0.3 is 9.84 Å². The molecule has 0 radical (unpaired) electrons. The Bertz CT molecular complexity index is 724. The largest absolute Gasteiger partial charge is 0.361 e. The monoisotopic (exact) mass is 301 g/mol. The SMILES string of the molecule is Cc1cc(C(=O)Nc2sc3c(c2C#N)CCCCC3)no1. The van der Waals surface area contributed by atoms with Gasteiger partial charge in [0.25, 0.3) is 5.91 Å². The van der Waals surface area contributed by atoms with E-state index in [0.717, 1.165) is 31.2 Å². The molecule has 2 aromatic heterocycles. The van der Waals surface area contributed by atoms with Gasteiger partial charge >= 0.3 is 0 Å². The lowest BCUT2D eigenvalue weighted by Gasteiger charge is -2.01. The zero-order valence-electron chi connectivity index (χ0n) is 11.7. The molecule has 1 aliphatic rings. The highest BCUT2D eigenvalue weighted by atomic mass is 32.1. The molecule has 108 valence electrons. The lowest BCUT2D eigenvalue weighted by Crippen LogP contribution is -2.12. The minimum Gasteiger partial charge on any atom is -0.361 e. The van der Waals surface area contributed by atoms with Crippen LogP contribution in [0.1, 0.15) is 51.5 Å². The molecule has 6 heteroatoms. The molecule has 0 bridgehead atoms. The highest BCUT2D eigenvalue weighted by Crippen LogP contribution is 2.37. The Balaban J connectivity index is 1.89. The second kappa shape index (κ2) is 5.70. The maximum atomic E-state index is 12.1. The van der Waals surface area contributed by atoms with Crippen LogP contribution in [-0.4, -0.2) is 11.1 Å². The molecule has 0 aromatic carbocycles. The highest BCUT2D eigenvalue weighted by Gasteiger charge is 2.22. The number of anilines is 1. The van der Waals surface area contributed by atoms with Crippen molar-refractivity contribution in [2.24, 2.45) is 0 Å². The van der Waals surface area contributed by atoms with E-state index in [4.69, 9.17) is 4.52 Å². The Morgan fingerprint density at radius 1 is 1.43 bits per heavy atom. The summed E-state index contributed by atoms with van der Waals surface area (Å²) in [5.41, 5.74) is 1.97. The maximum Gasteiger partial charge on any atom is 0.278 e. The van der Waals surface area contributed by atoms with Gasteiger partial charge in [-0.2, -0.15) is 5.26 Å². The number of thiophene rings is 1. The number of aryl methyl sites for hydroxylation is 2. The summed E-state index contributed by atoms with van der Waals surface area (Å²) >= 11 is 1.52. The predicted molar refractivity (Wildman–Crippen MR) is 79.5 cm³/mol. The zero-order chi connectivity index (χ0) is 14.8. The van der Waals surface area contributed by atoms with Crippen LogP contribution in [-0.2, 0) is 12.8 Å². The van der Waals surface area contributed by atoms with E-state index in [1.807, 2.05) is 0 Å². The van der Waals surface area contributed by atoms with Crippen molar-refractivity contribution in [1.29, 1.82) is 5.26 Å². The number of amides is 1. The third-order valence-electron chi connectivity index (χ3n) is 3.62. The van der Waals surface area contributed by atoms with Crippen molar-refractivity contribution in [3.8, 4) is 6.07 Å². The van der Waals surface area contributed by atoms with Gasteiger partial charge in [0.15, 0.2) is 5.69 Å². The van der Waals surface area contributed by atoms with E-state index in [9.17, 15) is 10.1 Å². The molecular weight excluding hydrogens is 286 g/mol. The predicted octanol–water partition coefficient (Wildman–Crippen LogP) is 3.44.